The van der Waals surface area contributed by atoms with Gasteiger partial charge in [0.25, 0.3) is 0 Å². The first-order valence-corrected chi connectivity index (χ1v) is 5.05. The van der Waals surface area contributed by atoms with Crippen LogP contribution in [0.25, 0.3) is 0 Å². The smallest absolute Gasteiger partial charge is 0.129 e. The lowest BCUT2D eigenvalue weighted by molar-refractivity contribution is 0.177. The van der Waals surface area contributed by atoms with Crippen LogP contribution in [0.3, 0.4) is 0 Å². The summed E-state index contributed by atoms with van der Waals surface area (Å²) in [7, 11) is 0. The van der Waals surface area contributed by atoms with Crippen molar-refractivity contribution in [1.82, 2.24) is 9.97 Å². The van der Waals surface area contributed by atoms with Gasteiger partial charge in [-0.2, -0.15) is 0 Å². The quantitative estimate of drug-likeness (QED) is 0.810. The average molecular weight is 215 g/mol. The van der Waals surface area contributed by atoms with Gasteiger partial charge in [0.2, 0.25) is 0 Å². The number of hydrogen-bond acceptors (Lipinski definition) is 4. The normalized spacial score (nSPS) is 12.3. The van der Waals surface area contributed by atoms with Crippen molar-refractivity contribution in [2.75, 3.05) is 5.73 Å². The molecule has 16 heavy (non-hydrogen) atoms. The zero-order valence-corrected chi connectivity index (χ0v) is 8.74. The highest BCUT2D eigenvalue weighted by Gasteiger charge is 2.12. The lowest BCUT2D eigenvalue weighted by atomic mass is 10.1. The largest absolute Gasteiger partial charge is 0.388 e. The minimum absolute atomic E-state index is 0.367. The highest BCUT2D eigenvalue weighted by atomic mass is 16.3. The van der Waals surface area contributed by atoms with Crippen molar-refractivity contribution in [3.63, 3.8) is 0 Å². The molecular formula is C12H13N3O. The topological polar surface area (TPSA) is 72.0 Å². The Hall–Kier alpha value is -1.94. The molecule has 2 aromatic rings. The molecule has 82 valence electrons. The van der Waals surface area contributed by atoms with Crippen LogP contribution in [-0.2, 0) is 6.42 Å². The van der Waals surface area contributed by atoms with Gasteiger partial charge in [0.15, 0.2) is 0 Å². The first-order chi connectivity index (χ1) is 7.77. The standard InChI is InChI=1S/C12H13N3O/c13-12-10(5-3-7-15-12)11(16)8-9-4-1-2-6-14-9/h1-7,11,16H,8H2,(H2,13,15). The van der Waals surface area contributed by atoms with Gasteiger partial charge in [-0.25, -0.2) is 4.98 Å². The molecule has 1 atom stereocenters. The molecule has 0 aliphatic carbocycles. The monoisotopic (exact) mass is 215 g/mol. The second-order valence-corrected chi connectivity index (χ2v) is 3.52. The summed E-state index contributed by atoms with van der Waals surface area (Å²) in [4.78, 5) is 8.09. The molecule has 0 amide bonds. The van der Waals surface area contributed by atoms with Crippen LogP contribution in [0, 0.1) is 0 Å². The van der Waals surface area contributed by atoms with Gasteiger partial charge >= 0.3 is 0 Å². The van der Waals surface area contributed by atoms with E-state index in [1.54, 1.807) is 24.5 Å². The van der Waals surface area contributed by atoms with E-state index in [1.807, 2.05) is 18.2 Å². The van der Waals surface area contributed by atoms with E-state index in [4.69, 9.17) is 5.73 Å². The van der Waals surface area contributed by atoms with Crippen molar-refractivity contribution in [1.29, 1.82) is 0 Å². The Morgan fingerprint density at radius 2 is 1.94 bits per heavy atom. The number of nitrogens with zero attached hydrogens (tertiary/aromatic N) is 2. The van der Waals surface area contributed by atoms with Crippen LogP contribution in [-0.4, -0.2) is 15.1 Å². The Morgan fingerprint density at radius 3 is 2.62 bits per heavy atom. The van der Waals surface area contributed by atoms with Crippen molar-refractivity contribution in [2.45, 2.75) is 12.5 Å². The minimum atomic E-state index is -0.663. The molecule has 0 aromatic carbocycles. The van der Waals surface area contributed by atoms with Crippen LogP contribution in [0.15, 0.2) is 42.7 Å². The summed E-state index contributed by atoms with van der Waals surface area (Å²) >= 11 is 0. The number of nitrogen functional groups attached to an aromatic ring is 1. The van der Waals surface area contributed by atoms with Crippen molar-refractivity contribution in [3.8, 4) is 0 Å². The molecule has 0 aliphatic heterocycles. The van der Waals surface area contributed by atoms with Crippen LogP contribution in [0.1, 0.15) is 17.4 Å². The minimum Gasteiger partial charge on any atom is -0.388 e. The van der Waals surface area contributed by atoms with Crippen molar-refractivity contribution in [3.05, 3.63) is 54.0 Å². The third-order valence-corrected chi connectivity index (χ3v) is 2.36. The fourth-order valence-corrected chi connectivity index (χ4v) is 1.54. The van der Waals surface area contributed by atoms with E-state index in [0.29, 0.717) is 17.8 Å². The van der Waals surface area contributed by atoms with Crippen molar-refractivity contribution in [2.24, 2.45) is 0 Å². The molecule has 1 unspecified atom stereocenters. The predicted molar refractivity (Wildman–Crippen MR) is 61.6 cm³/mol. The number of rotatable bonds is 3. The number of pyridine rings is 2. The maximum atomic E-state index is 9.99. The Balaban J connectivity index is 2.15. The zero-order chi connectivity index (χ0) is 11.4. The number of anilines is 1. The van der Waals surface area contributed by atoms with Gasteiger partial charge in [0.05, 0.1) is 6.10 Å². The van der Waals surface area contributed by atoms with Crippen LogP contribution in [0.4, 0.5) is 5.82 Å². The molecule has 2 rings (SSSR count). The molecule has 0 saturated carbocycles. The van der Waals surface area contributed by atoms with Crippen molar-refractivity contribution < 1.29 is 5.11 Å². The number of hydrogen-bond donors (Lipinski definition) is 2. The summed E-state index contributed by atoms with van der Waals surface area (Å²) in [5.74, 6) is 0.367. The van der Waals surface area contributed by atoms with Gasteiger partial charge in [0.1, 0.15) is 5.82 Å². The molecule has 4 nitrogen and oxygen atoms in total. The van der Waals surface area contributed by atoms with Crippen LogP contribution >= 0.6 is 0 Å². The molecule has 0 spiro atoms. The fourth-order valence-electron chi connectivity index (χ4n) is 1.54. The molecule has 0 aliphatic rings. The van der Waals surface area contributed by atoms with E-state index >= 15 is 0 Å². The second-order valence-electron chi connectivity index (χ2n) is 3.52. The lowest BCUT2D eigenvalue weighted by Crippen LogP contribution is -2.07. The maximum absolute atomic E-state index is 9.99. The molecular weight excluding hydrogens is 202 g/mol. The fraction of sp³-hybridized carbons (Fsp3) is 0.167. The first kappa shape index (κ1) is 10.6. The Bertz CT molecular complexity index is 459. The third kappa shape index (κ3) is 2.35. The van der Waals surface area contributed by atoms with E-state index in [1.165, 1.54) is 0 Å². The predicted octanol–water partition coefficient (Wildman–Crippen LogP) is 1.33. The summed E-state index contributed by atoms with van der Waals surface area (Å²) in [6.45, 7) is 0. The van der Waals surface area contributed by atoms with E-state index in [9.17, 15) is 5.11 Å². The molecule has 0 fully saturated rings. The van der Waals surface area contributed by atoms with E-state index in [-0.39, 0.29) is 0 Å². The molecule has 0 saturated heterocycles. The average Bonchev–Trinajstić information content (AvgIpc) is 2.31. The Morgan fingerprint density at radius 1 is 1.12 bits per heavy atom. The molecule has 3 N–H and O–H groups in total. The molecule has 2 aromatic heterocycles. The Kier molecular flexibility index (Phi) is 3.12. The van der Waals surface area contributed by atoms with E-state index in [0.717, 1.165) is 5.69 Å². The SMILES string of the molecule is Nc1ncccc1C(O)Cc1ccccn1. The van der Waals surface area contributed by atoms with Gasteiger partial charge in [-0.05, 0) is 18.2 Å². The van der Waals surface area contributed by atoms with Gasteiger partial charge in [0, 0.05) is 30.1 Å². The van der Waals surface area contributed by atoms with Crippen LogP contribution in [0.5, 0.6) is 0 Å². The van der Waals surface area contributed by atoms with Gasteiger partial charge in [-0.3, -0.25) is 4.98 Å². The number of nitrogens with two attached hydrogens (primary N) is 1. The van der Waals surface area contributed by atoms with Gasteiger partial charge < -0.3 is 10.8 Å². The highest BCUT2D eigenvalue weighted by Crippen LogP contribution is 2.20. The maximum Gasteiger partial charge on any atom is 0.129 e. The highest BCUT2D eigenvalue weighted by molar-refractivity contribution is 5.40. The number of aliphatic hydroxyl groups is 1. The molecule has 0 radical (unpaired) electrons. The number of aromatic nitrogens is 2. The molecule has 0 bridgehead atoms. The summed E-state index contributed by atoms with van der Waals surface area (Å²) < 4.78 is 0. The summed E-state index contributed by atoms with van der Waals surface area (Å²) in [6.07, 6.45) is 3.08. The van der Waals surface area contributed by atoms with Crippen LogP contribution < -0.4 is 5.73 Å². The summed E-state index contributed by atoms with van der Waals surface area (Å²) in [5, 5.41) is 9.99. The van der Waals surface area contributed by atoms with Crippen molar-refractivity contribution >= 4 is 5.82 Å². The number of aliphatic hydroxyl groups excluding tert-OH is 1. The third-order valence-electron chi connectivity index (χ3n) is 2.36. The lowest BCUT2D eigenvalue weighted by Gasteiger charge is -2.11. The zero-order valence-electron chi connectivity index (χ0n) is 8.74. The molecule has 4 heteroatoms. The summed E-state index contributed by atoms with van der Waals surface area (Å²) in [5.41, 5.74) is 7.16. The Labute approximate surface area is 93.8 Å². The molecule has 2 heterocycles. The summed E-state index contributed by atoms with van der Waals surface area (Å²) in [6, 6.07) is 9.13. The van der Waals surface area contributed by atoms with E-state index < -0.39 is 6.10 Å². The second kappa shape index (κ2) is 4.72. The van der Waals surface area contributed by atoms with Gasteiger partial charge in [-0.1, -0.05) is 12.1 Å². The van der Waals surface area contributed by atoms with Gasteiger partial charge in [-0.15, -0.1) is 0 Å². The first-order valence-electron chi connectivity index (χ1n) is 5.05. The van der Waals surface area contributed by atoms with Crippen LogP contribution in [0.2, 0.25) is 0 Å². The van der Waals surface area contributed by atoms with E-state index in [2.05, 4.69) is 9.97 Å².